The lowest BCUT2D eigenvalue weighted by atomic mass is 9.60. The van der Waals surface area contributed by atoms with E-state index in [4.69, 9.17) is 0 Å². The van der Waals surface area contributed by atoms with Crippen molar-refractivity contribution in [3.8, 4) is 0 Å². The molecule has 82 valence electrons. The van der Waals surface area contributed by atoms with Crippen LogP contribution in [0.4, 0.5) is 0 Å². The largest absolute Gasteiger partial charge is 0.316 e. The molecule has 1 N–H and O–H groups in total. The van der Waals surface area contributed by atoms with Crippen LogP contribution >= 0.6 is 15.9 Å². The van der Waals surface area contributed by atoms with Crippen molar-refractivity contribution in [1.82, 2.24) is 5.32 Å². The van der Waals surface area contributed by atoms with Gasteiger partial charge in [0.05, 0.1) is 0 Å². The maximum atomic E-state index is 3.49. The minimum Gasteiger partial charge on any atom is -0.316 e. The van der Waals surface area contributed by atoms with Crippen LogP contribution in [0.15, 0.2) is 28.7 Å². The van der Waals surface area contributed by atoms with Gasteiger partial charge in [0, 0.05) is 15.9 Å². The predicted octanol–water partition coefficient (Wildman–Crippen LogP) is 3.48. The highest BCUT2D eigenvalue weighted by Crippen LogP contribution is 2.46. The van der Waals surface area contributed by atoms with Gasteiger partial charge in [0.1, 0.15) is 0 Å². The molecule has 0 radical (unpaired) electrons. The van der Waals surface area contributed by atoms with Gasteiger partial charge in [-0.2, -0.15) is 0 Å². The molecule has 1 unspecified atom stereocenters. The third kappa shape index (κ3) is 1.85. The molecule has 1 nitrogen and oxygen atoms in total. The van der Waals surface area contributed by atoms with Gasteiger partial charge in [-0.25, -0.2) is 0 Å². The molecule has 0 aliphatic heterocycles. The van der Waals surface area contributed by atoms with Gasteiger partial charge in [-0.15, -0.1) is 0 Å². The second-order valence-electron chi connectivity index (χ2n) is 4.53. The second kappa shape index (κ2) is 4.26. The van der Waals surface area contributed by atoms with Crippen LogP contribution in [-0.2, 0) is 5.41 Å². The zero-order chi connectivity index (χ0) is 10.9. The van der Waals surface area contributed by atoms with E-state index in [1.54, 1.807) is 0 Å². The van der Waals surface area contributed by atoms with Gasteiger partial charge in [-0.3, -0.25) is 0 Å². The van der Waals surface area contributed by atoms with Crippen molar-refractivity contribution in [3.05, 3.63) is 34.3 Å². The van der Waals surface area contributed by atoms with E-state index in [9.17, 15) is 0 Å². The summed E-state index contributed by atoms with van der Waals surface area (Å²) in [5.41, 5.74) is 1.87. The van der Waals surface area contributed by atoms with Crippen molar-refractivity contribution in [2.45, 2.75) is 37.6 Å². The summed E-state index contributed by atoms with van der Waals surface area (Å²) in [5.74, 6) is 0. The Hall–Kier alpha value is -0.340. The van der Waals surface area contributed by atoms with Crippen LogP contribution in [0.25, 0.3) is 0 Å². The van der Waals surface area contributed by atoms with E-state index in [0.29, 0.717) is 11.5 Å². The van der Waals surface area contributed by atoms with E-state index in [-0.39, 0.29) is 0 Å². The lowest BCUT2D eigenvalue weighted by Crippen LogP contribution is -2.50. The average Bonchev–Trinajstić information content (AvgIpc) is 2.19. The first-order valence-electron chi connectivity index (χ1n) is 5.62. The molecule has 15 heavy (non-hydrogen) atoms. The molecule has 1 aromatic rings. The standard InChI is InChI=1S/C13H18BrN/c1-10(15-2)13(8-3-9-13)11-4-6-12(14)7-5-11/h4-7,10,15H,3,8-9H2,1-2H3. The van der Waals surface area contributed by atoms with Crippen molar-refractivity contribution in [2.24, 2.45) is 0 Å². The Labute approximate surface area is 100 Å². The van der Waals surface area contributed by atoms with Gasteiger partial charge >= 0.3 is 0 Å². The zero-order valence-corrected chi connectivity index (χ0v) is 11.0. The summed E-state index contributed by atoms with van der Waals surface area (Å²) in [6.07, 6.45) is 4.00. The molecule has 1 aromatic carbocycles. The van der Waals surface area contributed by atoms with Crippen LogP contribution in [0.2, 0.25) is 0 Å². The monoisotopic (exact) mass is 267 g/mol. The van der Waals surface area contributed by atoms with Crippen LogP contribution in [0.3, 0.4) is 0 Å². The van der Waals surface area contributed by atoms with Gasteiger partial charge < -0.3 is 5.32 Å². The van der Waals surface area contributed by atoms with E-state index in [2.05, 4.69) is 59.5 Å². The third-order valence-electron chi connectivity index (χ3n) is 3.93. The highest BCUT2D eigenvalue weighted by Gasteiger charge is 2.42. The number of likely N-dealkylation sites (N-methyl/N-ethyl adjacent to an activating group) is 1. The SMILES string of the molecule is CNC(C)C1(c2ccc(Br)cc2)CCC1. The first-order chi connectivity index (χ1) is 7.19. The van der Waals surface area contributed by atoms with Gasteiger partial charge in [0.2, 0.25) is 0 Å². The second-order valence-corrected chi connectivity index (χ2v) is 5.44. The molecule has 0 aromatic heterocycles. The Morgan fingerprint density at radius 1 is 1.27 bits per heavy atom. The van der Waals surface area contributed by atoms with E-state index in [1.165, 1.54) is 24.8 Å². The molecule has 2 rings (SSSR count). The molecule has 1 aliphatic carbocycles. The molecule has 1 aliphatic rings. The lowest BCUT2D eigenvalue weighted by Gasteiger charge is -2.47. The molecule has 1 fully saturated rings. The highest BCUT2D eigenvalue weighted by molar-refractivity contribution is 9.10. The van der Waals surface area contributed by atoms with E-state index in [1.807, 2.05) is 0 Å². The Bertz CT molecular complexity index is 327. The van der Waals surface area contributed by atoms with Crippen molar-refractivity contribution in [3.63, 3.8) is 0 Å². The minimum absolute atomic E-state index is 0.384. The Balaban J connectivity index is 2.30. The molecule has 1 atom stereocenters. The van der Waals surface area contributed by atoms with Crippen molar-refractivity contribution in [1.29, 1.82) is 0 Å². The topological polar surface area (TPSA) is 12.0 Å². The molecule has 0 saturated heterocycles. The van der Waals surface area contributed by atoms with Crippen LogP contribution in [-0.4, -0.2) is 13.1 Å². The fraction of sp³-hybridized carbons (Fsp3) is 0.538. The Kier molecular flexibility index (Phi) is 3.17. The molecular weight excluding hydrogens is 250 g/mol. The summed E-state index contributed by atoms with van der Waals surface area (Å²) in [6, 6.07) is 9.39. The third-order valence-corrected chi connectivity index (χ3v) is 4.46. The normalized spacial score (nSPS) is 20.7. The van der Waals surface area contributed by atoms with Crippen molar-refractivity contribution >= 4 is 15.9 Å². The number of hydrogen-bond donors (Lipinski definition) is 1. The van der Waals surface area contributed by atoms with Crippen LogP contribution < -0.4 is 5.32 Å². The fourth-order valence-corrected chi connectivity index (χ4v) is 2.85. The predicted molar refractivity (Wildman–Crippen MR) is 68.2 cm³/mol. The van der Waals surface area contributed by atoms with Crippen molar-refractivity contribution in [2.75, 3.05) is 7.05 Å². The Morgan fingerprint density at radius 3 is 2.27 bits per heavy atom. The summed E-state index contributed by atoms with van der Waals surface area (Å²) in [4.78, 5) is 0. The van der Waals surface area contributed by atoms with Gasteiger partial charge in [-0.1, -0.05) is 34.5 Å². The number of hydrogen-bond acceptors (Lipinski definition) is 1. The molecule has 0 spiro atoms. The maximum absolute atomic E-state index is 3.49. The summed E-state index contributed by atoms with van der Waals surface area (Å²) in [7, 11) is 2.06. The van der Waals surface area contributed by atoms with Crippen LogP contribution in [0.5, 0.6) is 0 Å². The Morgan fingerprint density at radius 2 is 1.87 bits per heavy atom. The van der Waals surface area contributed by atoms with Gasteiger partial charge in [0.15, 0.2) is 0 Å². The summed E-state index contributed by atoms with van der Waals surface area (Å²) >= 11 is 3.49. The lowest BCUT2D eigenvalue weighted by molar-refractivity contribution is 0.185. The molecule has 2 heteroatoms. The summed E-state index contributed by atoms with van der Waals surface area (Å²) < 4.78 is 1.16. The molecule has 0 heterocycles. The van der Waals surface area contributed by atoms with Crippen LogP contribution in [0.1, 0.15) is 31.7 Å². The van der Waals surface area contributed by atoms with E-state index >= 15 is 0 Å². The fourth-order valence-electron chi connectivity index (χ4n) is 2.59. The smallest absolute Gasteiger partial charge is 0.0175 e. The van der Waals surface area contributed by atoms with E-state index in [0.717, 1.165) is 4.47 Å². The number of halogens is 1. The quantitative estimate of drug-likeness (QED) is 0.885. The molecule has 1 saturated carbocycles. The van der Waals surface area contributed by atoms with Crippen LogP contribution in [0, 0.1) is 0 Å². The summed E-state index contributed by atoms with van der Waals surface area (Å²) in [6.45, 7) is 2.29. The number of rotatable bonds is 3. The van der Waals surface area contributed by atoms with Crippen molar-refractivity contribution < 1.29 is 0 Å². The highest BCUT2D eigenvalue weighted by atomic mass is 79.9. The van der Waals surface area contributed by atoms with E-state index < -0.39 is 0 Å². The first kappa shape index (κ1) is 11.2. The first-order valence-corrected chi connectivity index (χ1v) is 6.42. The number of benzene rings is 1. The zero-order valence-electron chi connectivity index (χ0n) is 9.39. The minimum atomic E-state index is 0.384. The molecular formula is C13H18BrN. The number of nitrogens with one attached hydrogen (secondary N) is 1. The summed E-state index contributed by atoms with van der Waals surface area (Å²) in [5, 5.41) is 3.41. The molecule has 0 amide bonds. The van der Waals surface area contributed by atoms with Gasteiger partial charge in [-0.05, 0) is 44.5 Å². The van der Waals surface area contributed by atoms with Gasteiger partial charge in [0.25, 0.3) is 0 Å². The molecule has 0 bridgehead atoms. The average molecular weight is 268 g/mol. The maximum Gasteiger partial charge on any atom is 0.0175 e.